The largest absolute Gasteiger partial charge is 0.337 e. The minimum absolute atomic E-state index is 0.0263. The number of aromatic nitrogens is 3. The van der Waals surface area contributed by atoms with Crippen LogP contribution in [0.3, 0.4) is 0 Å². The van der Waals surface area contributed by atoms with Crippen LogP contribution in [0.15, 0.2) is 30.6 Å². The van der Waals surface area contributed by atoms with Gasteiger partial charge < -0.3 is 4.90 Å². The summed E-state index contributed by atoms with van der Waals surface area (Å²) >= 11 is 0. The lowest BCUT2D eigenvalue weighted by molar-refractivity contribution is 0.0684. The third-order valence-electron chi connectivity index (χ3n) is 4.33. The summed E-state index contributed by atoms with van der Waals surface area (Å²) in [5.74, 6) is 1.30. The molecule has 0 unspecified atom stereocenters. The molecule has 2 aromatic rings. The second-order valence-electron chi connectivity index (χ2n) is 6.24. The highest BCUT2D eigenvalue weighted by Crippen LogP contribution is 2.22. The number of carbonyl (C=O) groups is 1. The fourth-order valence-electron chi connectivity index (χ4n) is 3.18. The van der Waals surface area contributed by atoms with E-state index < -0.39 is 0 Å². The van der Waals surface area contributed by atoms with Crippen molar-refractivity contribution in [2.24, 2.45) is 5.92 Å². The van der Waals surface area contributed by atoms with Crippen LogP contribution >= 0.6 is 0 Å². The van der Waals surface area contributed by atoms with Crippen LogP contribution in [0.1, 0.15) is 40.4 Å². The molecule has 5 heteroatoms. The molecule has 0 aromatic carbocycles. The van der Waals surface area contributed by atoms with Gasteiger partial charge in [0.15, 0.2) is 0 Å². The summed E-state index contributed by atoms with van der Waals surface area (Å²) in [4.78, 5) is 27.2. The monoisotopic (exact) mass is 310 g/mol. The van der Waals surface area contributed by atoms with E-state index >= 15 is 0 Å². The van der Waals surface area contributed by atoms with Crippen molar-refractivity contribution in [3.8, 4) is 0 Å². The first kappa shape index (κ1) is 15.6. The number of hydrogen-bond acceptors (Lipinski definition) is 4. The maximum atomic E-state index is 12.6. The van der Waals surface area contributed by atoms with Gasteiger partial charge >= 0.3 is 0 Å². The van der Waals surface area contributed by atoms with Crippen molar-refractivity contribution in [3.63, 3.8) is 0 Å². The Morgan fingerprint density at radius 1 is 1.26 bits per heavy atom. The van der Waals surface area contributed by atoms with Crippen LogP contribution in [-0.2, 0) is 6.42 Å². The molecule has 0 saturated carbocycles. The average molecular weight is 310 g/mol. The minimum atomic E-state index is 0.0263. The lowest BCUT2D eigenvalue weighted by Crippen LogP contribution is -2.39. The Morgan fingerprint density at radius 3 is 2.70 bits per heavy atom. The average Bonchev–Trinajstić information content (AvgIpc) is 2.55. The van der Waals surface area contributed by atoms with Gasteiger partial charge in [0.05, 0.1) is 0 Å². The van der Waals surface area contributed by atoms with Gasteiger partial charge in [0, 0.05) is 31.2 Å². The van der Waals surface area contributed by atoms with Gasteiger partial charge in [-0.05, 0) is 56.7 Å². The fraction of sp³-hybridized carbons (Fsp3) is 0.444. The third kappa shape index (κ3) is 3.92. The Labute approximate surface area is 136 Å². The molecule has 0 aliphatic carbocycles. The van der Waals surface area contributed by atoms with E-state index in [1.54, 1.807) is 12.3 Å². The molecule has 2 aromatic heterocycles. The Hall–Kier alpha value is -2.30. The number of pyridine rings is 1. The van der Waals surface area contributed by atoms with Crippen LogP contribution in [0.5, 0.6) is 0 Å². The predicted molar refractivity (Wildman–Crippen MR) is 88.1 cm³/mol. The standard InChI is InChI=1S/C18H22N4O/c1-13-10-17(21-14(2)20-13)18(23)22-8-5-15(6-9-22)11-16-4-3-7-19-12-16/h3-4,7,10,12,15H,5-6,8-9,11H2,1-2H3. The van der Waals surface area contributed by atoms with E-state index in [4.69, 9.17) is 0 Å². The SMILES string of the molecule is Cc1cc(C(=O)N2CCC(Cc3cccnc3)CC2)nc(C)n1. The summed E-state index contributed by atoms with van der Waals surface area (Å²) in [5.41, 5.74) is 2.63. The van der Waals surface area contributed by atoms with Gasteiger partial charge in [-0.3, -0.25) is 9.78 Å². The van der Waals surface area contributed by atoms with Crippen LogP contribution in [0.25, 0.3) is 0 Å². The van der Waals surface area contributed by atoms with Gasteiger partial charge in [-0.1, -0.05) is 6.07 Å². The minimum Gasteiger partial charge on any atom is -0.337 e. The maximum absolute atomic E-state index is 12.6. The zero-order chi connectivity index (χ0) is 16.2. The first-order valence-electron chi connectivity index (χ1n) is 8.12. The van der Waals surface area contributed by atoms with Crippen molar-refractivity contribution < 1.29 is 4.79 Å². The number of likely N-dealkylation sites (tertiary alicyclic amines) is 1. The molecule has 0 N–H and O–H groups in total. The van der Waals surface area contributed by atoms with Gasteiger partial charge in [-0.25, -0.2) is 9.97 Å². The summed E-state index contributed by atoms with van der Waals surface area (Å²) < 4.78 is 0. The summed E-state index contributed by atoms with van der Waals surface area (Å²) in [6, 6.07) is 5.88. The van der Waals surface area contributed by atoms with E-state index in [0.29, 0.717) is 17.4 Å². The summed E-state index contributed by atoms with van der Waals surface area (Å²) in [6.45, 7) is 5.31. The molecule has 5 nitrogen and oxygen atoms in total. The quantitative estimate of drug-likeness (QED) is 0.874. The molecule has 1 aliphatic rings. The Bertz CT molecular complexity index is 658. The molecule has 3 heterocycles. The molecule has 1 aliphatic heterocycles. The van der Waals surface area contributed by atoms with E-state index in [1.807, 2.05) is 31.0 Å². The van der Waals surface area contributed by atoms with Crippen molar-refractivity contribution in [1.29, 1.82) is 0 Å². The maximum Gasteiger partial charge on any atom is 0.272 e. The van der Waals surface area contributed by atoms with E-state index in [0.717, 1.165) is 38.0 Å². The molecule has 0 atom stereocenters. The van der Waals surface area contributed by atoms with Crippen molar-refractivity contribution in [3.05, 3.63) is 53.4 Å². The number of nitrogens with zero attached hydrogens (tertiary/aromatic N) is 4. The highest BCUT2D eigenvalue weighted by Gasteiger charge is 2.24. The number of piperidine rings is 1. The zero-order valence-corrected chi connectivity index (χ0v) is 13.7. The van der Waals surface area contributed by atoms with Crippen LogP contribution in [-0.4, -0.2) is 38.8 Å². The second kappa shape index (κ2) is 6.86. The van der Waals surface area contributed by atoms with Gasteiger partial charge in [-0.15, -0.1) is 0 Å². The highest BCUT2D eigenvalue weighted by atomic mass is 16.2. The van der Waals surface area contributed by atoms with Gasteiger partial charge in [-0.2, -0.15) is 0 Å². The summed E-state index contributed by atoms with van der Waals surface area (Å²) in [7, 11) is 0. The van der Waals surface area contributed by atoms with Crippen molar-refractivity contribution in [2.75, 3.05) is 13.1 Å². The first-order chi connectivity index (χ1) is 11.1. The van der Waals surface area contributed by atoms with Crippen molar-refractivity contribution in [2.45, 2.75) is 33.1 Å². The molecule has 23 heavy (non-hydrogen) atoms. The van der Waals surface area contributed by atoms with E-state index in [9.17, 15) is 4.79 Å². The molecule has 3 rings (SSSR count). The zero-order valence-electron chi connectivity index (χ0n) is 13.7. The lowest BCUT2D eigenvalue weighted by Gasteiger charge is -2.32. The number of aryl methyl sites for hydroxylation is 2. The van der Waals surface area contributed by atoms with Crippen molar-refractivity contribution in [1.82, 2.24) is 19.9 Å². The molecule has 1 fully saturated rings. The van der Waals surface area contributed by atoms with Crippen LogP contribution in [0, 0.1) is 19.8 Å². The molecule has 1 saturated heterocycles. The summed E-state index contributed by atoms with van der Waals surface area (Å²) in [5, 5.41) is 0. The third-order valence-corrected chi connectivity index (χ3v) is 4.33. The van der Waals surface area contributed by atoms with E-state index in [1.165, 1.54) is 5.56 Å². The van der Waals surface area contributed by atoms with E-state index in [-0.39, 0.29) is 5.91 Å². The number of amides is 1. The topological polar surface area (TPSA) is 59.0 Å². The number of hydrogen-bond donors (Lipinski definition) is 0. The molecule has 1 amide bonds. The lowest BCUT2D eigenvalue weighted by atomic mass is 9.90. The Kier molecular flexibility index (Phi) is 4.65. The Balaban J connectivity index is 1.59. The van der Waals surface area contributed by atoms with Crippen LogP contribution < -0.4 is 0 Å². The normalized spacial score (nSPS) is 15.7. The molecular weight excluding hydrogens is 288 g/mol. The van der Waals surface area contributed by atoms with Crippen LogP contribution in [0.2, 0.25) is 0 Å². The molecule has 0 radical (unpaired) electrons. The van der Waals surface area contributed by atoms with Gasteiger partial charge in [0.2, 0.25) is 0 Å². The Morgan fingerprint density at radius 2 is 2.04 bits per heavy atom. The van der Waals surface area contributed by atoms with Crippen molar-refractivity contribution >= 4 is 5.91 Å². The van der Waals surface area contributed by atoms with E-state index in [2.05, 4.69) is 21.0 Å². The first-order valence-corrected chi connectivity index (χ1v) is 8.12. The molecule has 120 valence electrons. The summed E-state index contributed by atoms with van der Waals surface area (Å²) in [6.07, 6.45) is 6.84. The predicted octanol–water partition coefficient (Wildman–Crippen LogP) is 2.58. The molecule has 0 spiro atoms. The fourth-order valence-corrected chi connectivity index (χ4v) is 3.18. The second-order valence-corrected chi connectivity index (χ2v) is 6.24. The van der Waals surface area contributed by atoms with Crippen LogP contribution in [0.4, 0.5) is 0 Å². The van der Waals surface area contributed by atoms with Gasteiger partial charge in [0.25, 0.3) is 5.91 Å². The molecule has 0 bridgehead atoms. The highest BCUT2D eigenvalue weighted by molar-refractivity contribution is 5.92. The number of rotatable bonds is 3. The molecular formula is C18H22N4O. The smallest absolute Gasteiger partial charge is 0.272 e. The van der Waals surface area contributed by atoms with Gasteiger partial charge in [0.1, 0.15) is 11.5 Å². The number of carbonyl (C=O) groups excluding carboxylic acids is 1.